The Morgan fingerprint density at radius 2 is 1.69 bits per heavy atom. The minimum absolute atomic E-state index is 0.0229. The van der Waals surface area contributed by atoms with Crippen LogP contribution in [0.3, 0.4) is 0 Å². The van der Waals surface area contributed by atoms with Gasteiger partial charge in [-0.2, -0.15) is 0 Å². The number of hydrogen-bond acceptors (Lipinski definition) is 3. The molecule has 2 N–H and O–H groups in total. The fourth-order valence-corrected chi connectivity index (χ4v) is 6.08. The summed E-state index contributed by atoms with van der Waals surface area (Å²) in [5.74, 6) is -0.0229. The van der Waals surface area contributed by atoms with Gasteiger partial charge in [0.1, 0.15) is 0 Å². The Balaban J connectivity index is 1.49. The minimum Gasteiger partial charge on any atom is -0.352 e. The number of hydrogen-bond donors (Lipinski definition) is 2. The summed E-state index contributed by atoms with van der Waals surface area (Å²) in [6.45, 7) is 9.11. The van der Waals surface area contributed by atoms with E-state index >= 15 is 0 Å². The molecule has 2 aromatic carbocycles. The second kappa shape index (κ2) is 11.4. The highest BCUT2D eigenvalue weighted by molar-refractivity contribution is 7.80. The molecular formula is C32H35N5OS. The maximum Gasteiger partial charge on any atom is 0.226 e. The van der Waals surface area contributed by atoms with E-state index in [1.165, 1.54) is 22.5 Å². The van der Waals surface area contributed by atoms with Gasteiger partial charge in [-0.15, -0.1) is 0 Å². The zero-order chi connectivity index (χ0) is 27.5. The summed E-state index contributed by atoms with van der Waals surface area (Å²) < 4.78 is 2.31. The molecule has 2 atom stereocenters. The maximum absolute atomic E-state index is 13.1. The van der Waals surface area contributed by atoms with Crippen LogP contribution in [0.1, 0.15) is 59.2 Å². The lowest BCUT2D eigenvalue weighted by atomic mass is 9.93. The van der Waals surface area contributed by atoms with Crippen LogP contribution in [0.5, 0.6) is 0 Å². The number of nitrogens with one attached hydrogen (secondary N) is 2. The molecule has 1 aliphatic heterocycles. The van der Waals surface area contributed by atoms with Crippen molar-refractivity contribution in [2.75, 3.05) is 11.9 Å². The van der Waals surface area contributed by atoms with E-state index in [0.29, 0.717) is 18.1 Å². The third-order valence-electron chi connectivity index (χ3n) is 7.77. The van der Waals surface area contributed by atoms with E-state index in [4.69, 9.17) is 12.2 Å². The number of benzene rings is 2. The van der Waals surface area contributed by atoms with Gasteiger partial charge in [0, 0.05) is 47.5 Å². The minimum atomic E-state index is -0.133. The summed E-state index contributed by atoms with van der Waals surface area (Å²) in [5, 5.41) is 7.29. The fraction of sp³-hybridized carbons (Fsp3) is 0.281. The molecule has 1 fully saturated rings. The van der Waals surface area contributed by atoms with Gasteiger partial charge in [-0.3, -0.25) is 9.78 Å². The Morgan fingerprint density at radius 3 is 2.41 bits per heavy atom. The molecule has 0 spiro atoms. The van der Waals surface area contributed by atoms with Gasteiger partial charge in [0.05, 0.1) is 17.8 Å². The van der Waals surface area contributed by atoms with E-state index in [-0.39, 0.29) is 18.0 Å². The molecule has 6 nitrogen and oxygen atoms in total. The van der Waals surface area contributed by atoms with Crippen LogP contribution in [0, 0.1) is 20.8 Å². The Kier molecular flexibility index (Phi) is 7.79. The first-order chi connectivity index (χ1) is 18.9. The summed E-state index contributed by atoms with van der Waals surface area (Å²) in [7, 11) is 0. The highest BCUT2D eigenvalue weighted by Gasteiger charge is 2.42. The highest BCUT2D eigenvalue weighted by atomic mass is 32.1. The molecule has 1 amide bonds. The molecule has 3 heterocycles. The Bertz CT molecular complexity index is 1480. The van der Waals surface area contributed by atoms with Gasteiger partial charge in [-0.1, -0.05) is 49.4 Å². The maximum atomic E-state index is 13.1. The van der Waals surface area contributed by atoms with Crippen LogP contribution in [0.25, 0.3) is 5.69 Å². The van der Waals surface area contributed by atoms with Crippen LogP contribution < -0.4 is 10.6 Å². The van der Waals surface area contributed by atoms with Crippen LogP contribution in [-0.2, 0) is 11.2 Å². The highest BCUT2D eigenvalue weighted by Crippen LogP contribution is 2.43. The van der Waals surface area contributed by atoms with Gasteiger partial charge in [-0.05, 0) is 80.9 Å². The van der Waals surface area contributed by atoms with Crippen molar-refractivity contribution in [3.63, 3.8) is 0 Å². The Hall–Kier alpha value is -3.97. The SMILES string of the molecule is CCc1ccccc1NC(=O)CCN1C(=S)NC(c2ccccn2)C1c1c(C)c(C)n(-c2ccccc2)c1C. The zero-order valence-corrected chi connectivity index (χ0v) is 23.8. The molecule has 2 aromatic heterocycles. The van der Waals surface area contributed by atoms with Crippen LogP contribution in [0.15, 0.2) is 79.0 Å². The first kappa shape index (κ1) is 26.6. The standard InChI is InChI=1S/C32H35N5OS/c1-5-24-13-9-10-16-26(24)34-28(38)18-20-36-31(30(35-32(36)39)27-17-11-12-19-33-27)29-21(2)22(3)37(23(29)4)25-14-7-6-8-15-25/h6-17,19,30-31H,5,18,20H2,1-4H3,(H,34,38)(H,35,39). The Labute approximate surface area is 236 Å². The van der Waals surface area contributed by atoms with Gasteiger partial charge < -0.3 is 20.1 Å². The number of aryl methyl sites for hydroxylation is 1. The molecule has 5 rings (SSSR count). The molecule has 4 aromatic rings. The normalized spacial score (nSPS) is 16.8. The average Bonchev–Trinajstić information content (AvgIpc) is 3.39. The summed E-state index contributed by atoms with van der Waals surface area (Å²) in [6.07, 6.45) is 3.00. The number of carbonyl (C=O) groups excluding carboxylic acids is 1. The largest absolute Gasteiger partial charge is 0.352 e. The van der Waals surface area contributed by atoms with Crippen molar-refractivity contribution >= 4 is 28.9 Å². The van der Waals surface area contributed by atoms with Crippen molar-refractivity contribution in [2.24, 2.45) is 0 Å². The number of thiocarbonyl (C=S) groups is 1. The number of rotatable bonds is 8. The fourth-order valence-electron chi connectivity index (χ4n) is 5.75. The lowest BCUT2D eigenvalue weighted by Crippen LogP contribution is -2.33. The van der Waals surface area contributed by atoms with Crippen LogP contribution >= 0.6 is 12.2 Å². The third-order valence-corrected chi connectivity index (χ3v) is 8.12. The summed E-state index contributed by atoms with van der Waals surface area (Å²) >= 11 is 5.88. The second-order valence-corrected chi connectivity index (χ2v) is 10.4. The first-order valence-corrected chi connectivity index (χ1v) is 13.9. The summed E-state index contributed by atoms with van der Waals surface area (Å²) in [5.41, 5.74) is 8.86. The van der Waals surface area contributed by atoms with E-state index in [0.717, 1.165) is 29.1 Å². The van der Waals surface area contributed by atoms with Gasteiger partial charge in [0.15, 0.2) is 5.11 Å². The van der Waals surface area contributed by atoms with E-state index in [2.05, 4.69) is 77.0 Å². The van der Waals surface area contributed by atoms with Crippen molar-refractivity contribution in [1.29, 1.82) is 0 Å². The van der Waals surface area contributed by atoms with Crippen molar-refractivity contribution in [1.82, 2.24) is 19.8 Å². The number of para-hydroxylation sites is 2. The second-order valence-electron chi connectivity index (χ2n) is 10.0. The number of amides is 1. The number of aromatic nitrogens is 2. The van der Waals surface area contributed by atoms with E-state index < -0.39 is 0 Å². The molecule has 200 valence electrons. The molecule has 0 saturated carbocycles. The number of anilines is 1. The van der Waals surface area contributed by atoms with E-state index in [1.54, 1.807) is 0 Å². The van der Waals surface area contributed by atoms with Crippen molar-refractivity contribution in [3.05, 3.63) is 113 Å². The number of nitrogens with zero attached hydrogens (tertiary/aromatic N) is 3. The quantitative estimate of drug-likeness (QED) is 0.256. The molecule has 2 unspecified atom stereocenters. The monoisotopic (exact) mass is 537 g/mol. The topological polar surface area (TPSA) is 62.2 Å². The molecule has 1 saturated heterocycles. The molecule has 0 radical (unpaired) electrons. The average molecular weight is 538 g/mol. The van der Waals surface area contributed by atoms with Crippen LogP contribution in [-0.4, -0.2) is 32.0 Å². The van der Waals surface area contributed by atoms with Crippen molar-refractivity contribution < 1.29 is 4.79 Å². The zero-order valence-electron chi connectivity index (χ0n) is 22.9. The van der Waals surface area contributed by atoms with Gasteiger partial charge >= 0.3 is 0 Å². The first-order valence-electron chi connectivity index (χ1n) is 13.5. The lowest BCUT2D eigenvalue weighted by molar-refractivity contribution is -0.116. The molecule has 7 heteroatoms. The predicted octanol–water partition coefficient (Wildman–Crippen LogP) is 6.36. The van der Waals surface area contributed by atoms with E-state index in [9.17, 15) is 4.79 Å². The van der Waals surface area contributed by atoms with Crippen molar-refractivity contribution in [3.8, 4) is 5.69 Å². The van der Waals surface area contributed by atoms with Gasteiger partial charge in [0.25, 0.3) is 0 Å². The van der Waals surface area contributed by atoms with Crippen LogP contribution in [0.4, 0.5) is 5.69 Å². The molecule has 39 heavy (non-hydrogen) atoms. The summed E-state index contributed by atoms with van der Waals surface area (Å²) in [6, 6.07) is 24.1. The van der Waals surface area contributed by atoms with Crippen LogP contribution in [0.2, 0.25) is 0 Å². The molecule has 0 aliphatic carbocycles. The third kappa shape index (κ3) is 5.19. The number of carbonyl (C=O) groups is 1. The smallest absolute Gasteiger partial charge is 0.226 e. The summed E-state index contributed by atoms with van der Waals surface area (Å²) in [4.78, 5) is 20.0. The van der Waals surface area contributed by atoms with Gasteiger partial charge in [-0.25, -0.2) is 0 Å². The van der Waals surface area contributed by atoms with Gasteiger partial charge in [0.2, 0.25) is 5.91 Å². The predicted molar refractivity (Wildman–Crippen MR) is 161 cm³/mol. The number of pyridine rings is 1. The lowest BCUT2D eigenvalue weighted by Gasteiger charge is -2.29. The van der Waals surface area contributed by atoms with E-state index in [1.807, 2.05) is 54.7 Å². The molecule has 1 aliphatic rings. The molecular weight excluding hydrogens is 502 g/mol. The van der Waals surface area contributed by atoms with Crippen molar-refractivity contribution in [2.45, 2.75) is 52.6 Å². The molecule has 0 bridgehead atoms. The Morgan fingerprint density at radius 1 is 0.974 bits per heavy atom.